The summed E-state index contributed by atoms with van der Waals surface area (Å²) in [6.07, 6.45) is 1.25. The predicted octanol–water partition coefficient (Wildman–Crippen LogP) is 2.08. The number of fused-ring (bicyclic) bond motifs is 1. The summed E-state index contributed by atoms with van der Waals surface area (Å²) in [5, 5.41) is 9.90. The first-order valence-corrected chi connectivity index (χ1v) is 9.20. The van der Waals surface area contributed by atoms with Crippen LogP contribution in [0.4, 0.5) is 5.69 Å². The number of H-pyrrole nitrogens is 2. The van der Waals surface area contributed by atoms with Gasteiger partial charge < -0.3 is 15.0 Å². The SMILES string of the molecule is CCc1c(-c2ccc(N3CC[C@H](O)C3)cc2)[nH]c(=O)c2c(=O)[nH]sc12. The van der Waals surface area contributed by atoms with E-state index < -0.39 is 0 Å². The second-order valence-corrected chi connectivity index (χ2v) is 7.15. The Morgan fingerprint density at radius 2 is 2.00 bits per heavy atom. The van der Waals surface area contributed by atoms with Crippen LogP contribution in [-0.2, 0) is 6.42 Å². The Hall–Kier alpha value is -2.38. The van der Waals surface area contributed by atoms with E-state index in [0.29, 0.717) is 6.54 Å². The summed E-state index contributed by atoms with van der Waals surface area (Å²) in [6, 6.07) is 7.97. The van der Waals surface area contributed by atoms with Crippen molar-refractivity contribution in [3.8, 4) is 11.3 Å². The molecular formula is C18H19N3O3S. The summed E-state index contributed by atoms with van der Waals surface area (Å²) in [7, 11) is 0. The van der Waals surface area contributed by atoms with Gasteiger partial charge in [-0.3, -0.25) is 14.0 Å². The first kappa shape index (κ1) is 16.1. The largest absolute Gasteiger partial charge is 0.391 e. The Bertz CT molecular complexity index is 1030. The third-order valence-electron chi connectivity index (χ3n) is 4.78. The highest BCUT2D eigenvalue weighted by Crippen LogP contribution is 2.30. The summed E-state index contributed by atoms with van der Waals surface area (Å²) >= 11 is 1.22. The van der Waals surface area contributed by atoms with E-state index in [4.69, 9.17) is 0 Å². The second kappa shape index (κ2) is 6.16. The molecule has 1 aromatic carbocycles. The first-order chi connectivity index (χ1) is 12.1. The van der Waals surface area contributed by atoms with Crippen LogP contribution in [0.2, 0.25) is 0 Å². The maximum absolute atomic E-state index is 12.3. The maximum Gasteiger partial charge on any atom is 0.271 e. The fraction of sp³-hybridized carbons (Fsp3) is 0.333. The lowest BCUT2D eigenvalue weighted by Gasteiger charge is -2.18. The number of benzene rings is 1. The van der Waals surface area contributed by atoms with Crippen LogP contribution >= 0.6 is 11.5 Å². The molecule has 3 heterocycles. The molecule has 1 aliphatic rings. The second-order valence-electron chi connectivity index (χ2n) is 6.33. The Balaban J connectivity index is 1.79. The molecule has 1 atom stereocenters. The number of aryl methyl sites for hydroxylation is 1. The number of aromatic amines is 2. The number of anilines is 1. The van der Waals surface area contributed by atoms with Gasteiger partial charge in [-0.05, 0) is 36.1 Å². The molecule has 1 aliphatic heterocycles. The zero-order chi connectivity index (χ0) is 17.6. The van der Waals surface area contributed by atoms with Crippen molar-refractivity contribution in [2.45, 2.75) is 25.9 Å². The van der Waals surface area contributed by atoms with Crippen molar-refractivity contribution in [3.05, 3.63) is 50.5 Å². The van der Waals surface area contributed by atoms with Crippen LogP contribution in [0.25, 0.3) is 21.3 Å². The number of aliphatic hydroxyl groups is 1. The average Bonchev–Trinajstić information content (AvgIpc) is 3.22. The van der Waals surface area contributed by atoms with Crippen LogP contribution in [0.1, 0.15) is 18.9 Å². The molecular weight excluding hydrogens is 338 g/mol. The van der Waals surface area contributed by atoms with Crippen LogP contribution in [0.5, 0.6) is 0 Å². The summed E-state index contributed by atoms with van der Waals surface area (Å²) in [6.45, 7) is 3.52. The Labute approximate surface area is 147 Å². The first-order valence-electron chi connectivity index (χ1n) is 8.38. The molecule has 0 amide bonds. The summed E-state index contributed by atoms with van der Waals surface area (Å²) in [5.41, 5.74) is 3.04. The third kappa shape index (κ3) is 2.69. The Morgan fingerprint density at radius 3 is 2.64 bits per heavy atom. The van der Waals surface area contributed by atoms with Gasteiger partial charge in [0.05, 0.1) is 16.5 Å². The molecule has 4 rings (SSSR count). The highest BCUT2D eigenvalue weighted by atomic mass is 32.1. The van der Waals surface area contributed by atoms with Crippen molar-refractivity contribution in [1.29, 1.82) is 0 Å². The average molecular weight is 357 g/mol. The highest BCUT2D eigenvalue weighted by molar-refractivity contribution is 7.13. The molecule has 0 bridgehead atoms. The Kier molecular flexibility index (Phi) is 3.97. The van der Waals surface area contributed by atoms with Gasteiger partial charge in [0.15, 0.2) is 0 Å². The lowest BCUT2D eigenvalue weighted by Crippen LogP contribution is -2.20. The molecule has 1 saturated heterocycles. The molecule has 6 nitrogen and oxygen atoms in total. The van der Waals surface area contributed by atoms with Crippen molar-refractivity contribution in [1.82, 2.24) is 9.36 Å². The molecule has 0 unspecified atom stereocenters. The van der Waals surface area contributed by atoms with Gasteiger partial charge in [0.1, 0.15) is 5.39 Å². The topological polar surface area (TPSA) is 89.2 Å². The third-order valence-corrected chi connectivity index (χ3v) is 5.72. The van der Waals surface area contributed by atoms with Crippen LogP contribution in [0.15, 0.2) is 33.9 Å². The van der Waals surface area contributed by atoms with Crippen molar-refractivity contribution in [3.63, 3.8) is 0 Å². The molecule has 0 saturated carbocycles. The Morgan fingerprint density at radius 1 is 1.24 bits per heavy atom. The quantitative estimate of drug-likeness (QED) is 0.669. The standard InChI is InChI=1S/C18H19N3O3S/c1-2-13-15(19-17(23)14-16(13)25-20-18(14)24)10-3-5-11(6-4-10)21-8-7-12(22)9-21/h3-6,12,22H,2,7-9H2,1H3,(H,19,23)(H,20,24)/t12-/m0/s1. The zero-order valence-corrected chi connectivity index (χ0v) is 14.7. The van der Waals surface area contributed by atoms with Crippen LogP contribution in [0.3, 0.4) is 0 Å². The molecule has 3 aromatic rings. The maximum atomic E-state index is 12.3. The molecule has 2 aromatic heterocycles. The summed E-state index contributed by atoms with van der Waals surface area (Å²) < 4.78 is 3.39. The van der Waals surface area contributed by atoms with Crippen molar-refractivity contribution >= 4 is 27.3 Å². The fourth-order valence-corrected chi connectivity index (χ4v) is 4.44. The smallest absolute Gasteiger partial charge is 0.271 e. The molecule has 0 spiro atoms. The van der Waals surface area contributed by atoms with Gasteiger partial charge in [0, 0.05) is 18.8 Å². The molecule has 3 N–H and O–H groups in total. The van der Waals surface area contributed by atoms with Gasteiger partial charge in [-0.15, -0.1) is 0 Å². The van der Waals surface area contributed by atoms with E-state index in [0.717, 1.165) is 46.6 Å². The minimum absolute atomic E-state index is 0.216. The summed E-state index contributed by atoms with van der Waals surface area (Å²) in [4.78, 5) is 29.2. The fourth-order valence-electron chi connectivity index (χ4n) is 3.49. The summed E-state index contributed by atoms with van der Waals surface area (Å²) in [5.74, 6) is 0. The number of aliphatic hydroxyl groups excluding tert-OH is 1. The number of β-amino-alcohol motifs (C(OH)–C–C–N with tert-alkyl or cyclic N) is 1. The van der Waals surface area contributed by atoms with E-state index in [-0.39, 0.29) is 22.6 Å². The molecule has 0 radical (unpaired) electrons. The number of hydrogen-bond acceptors (Lipinski definition) is 5. The van der Waals surface area contributed by atoms with E-state index in [9.17, 15) is 14.7 Å². The number of nitrogens with one attached hydrogen (secondary N) is 2. The van der Waals surface area contributed by atoms with Gasteiger partial charge in [0.2, 0.25) is 0 Å². The van der Waals surface area contributed by atoms with Gasteiger partial charge in [-0.1, -0.05) is 30.6 Å². The number of hydrogen-bond donors (Lipinski definition) is 3. The minimum Gasteiger partial charge on any atom is -0.391 e. The number of pyridine rings is 1. The minimum atomic E-state index is -0.351. The molecule has 7 heteroatoms. The van der Waals surface area contributed by atoms with Gasteiger partial charge in [-0.2, -0.15) is 0 Å². The molecule has 1 fully saturated rings. The van der Waals surface area contributed by atoms with Gasteiger partial charge in [-0.25, -0.2) is 0 Å². The zero-order valence-electron chi connectivity index (χ0n) is 13.8. The van der Waals surface area contributed by atoms with Crippen molar-refractivity contribution < 1.29 is 5.11 Å². The lowest BCUT2D eigenvalue weighted by molar-refractivity contribution is 0.198. The number of rotatable bonds is 3. The molecule has 130 valence electrons. The number of aromatic nitrogens is 2. The van der Waals surface area contributed by atoms with E-state index in [1.807, 2.05) is 31.2 Å². The molecule has 25 heavy (non-hydrogen) atoms. The van der Waals surface area contributed by atoms with Gasteiger partial charge >= 0.3 is 0 Å². The molecule has 0 aliphatic carbocycles. The van der Waals surface area contributed by atoms with Crippen LogP contribution < -0.4 is 16.0 Å². The monoisotopic (exact) mass is 357 g/mol. The highest BCUT2D eigenvalue weighted by Gasteiger charge is 2.21. The van der Waals surface area contributed by atoms with E-state index in [1.54, 1.807) is 0 Å². The van der Waals surface area contributed by atoms with Crippen LogP contribution in [-0.4, -0.2) is 33.7 Å². The van der Waals surface area contributed by atoms with E-state index >= 15 is 0 Å². The van der Waals surface area contributed by atoms with Gasteiger partial charge in [0.25, 0.3) is 11.1 Å². The van der Waals surface area contributed by atoms with Crippen molar-refractivity contribution in [2.75, 3.05) is 18.0 Å². The van der Waals surface area contributed by atoms with E-state index in [1.165, 1.54) is 11.5 Å². The van der Waals surface area contributed by atoms with Crippen molar-refractivity contribution in [2.24, 2.45) is 0 Å². The number of nitrogens with zero attached hydrogens (tertiary/aromatic N) is 1. The lowest BCUT2D eigenvalue weighted by atomic mass is 10.0. The van der Waals surface area contributed by atoms with E-state index in [2.05, 4.69) is 14.3 Å². The predicted molar refractivity (Wildman–Crippen MR) is 101 cm³/mol. The normalized spacial score (nSPS) is 17.5. The van der Waals surface area contributed by atoms with Crippen LogP contribution in [0, 0.1) is 0 Å².